The maximum Gasteiger partial charge on any atom is 0.0208 e. The lowest BCUT2D eigenvalue weighted by Crippen LogP contribution is -2.44. The van der Waals surface area contributed by atoms with Crippen molar-refractivity contribution < 1.29 is 0 Å². The van der Waals surface area contributed by atoms with Gasteiger partial charge in [-0.3, -0.25) is 0 Å². The van der Waals surface area contributed by atoms with E-state index in [-0.39, 0.29) is 0 Å². The highest BCUT2D eigenvalue weighted by molar-refractivity contribution is 5.23. The first-order valence-electron chi connectivity index (χ1n) is 8.28. The van der Waals surface area contributed by atoms with Crippen LogP contribution in [0.2, 0.25) is 0 Å². The van der Waals surface area contributed by atoms with Crippen LogP contribution in [-0.4, -0.2) is 6.04 Å². The zero-order chi connectivity index (χ0) is 14.4. The third-order valence-electron chi connectivity index (χ3n) is 6.78. The van der Waals surface area contributed by atoms with Crippen molar-refractivity contribution in [1.82, 2.24) is 5.32 Å². The summed E-state index contributed by atoms with van der Waals surface area (Å²) in [5, 5.41) is 3.86. The van der Waals surface area contributed by atoms with E-state index in [0.717, 1.165) is 18.9 Å². The molecule has 110 valence electrons. The Morgan fingerprint density at radius 1 is 1.10 bits per heavy atom. The summed E-state index contributed by atoms with van der Waals surface area (Å²) in [6.45, 7) is 10.7. The van der Waals surface area contributed by atoms with Crippen LogP contribution in [0.1, 0.15) is 58.1 Å². The molecule has 0 saturated heterocycles. The molecule has 0 amide bonds. The largest absolute Gasteiger partial charge is 0.309 e. The first kappa shape index (κ1) is 14.1. The summed E-state index contributed by atoms with van der Waals surface area (Å²) in [7, 11) is 0. The molecule has 1 N–H and O–H groups in total. The SMILES string of the molecule is CCc1ccc(CNC2CC3CCC2(C)C3(C)C)cc1. The maximum atomic E-state index is 3.86. The Hall–Kier alpha value is -0.820. The van der Waals surface area contributed by atoms with Gasteiger partial charge in [0, 0.05) is 12.6 Å². The number of fused-ring (bicyclic) bond motifs is 2. The summed E-state index contributed by atoms with van der Waals surface area (Å²) < 4.78 is 0. The molecular formula is C19H29N. The fourth-order valence-electron chi connectivity index (χ4n) is 4.65. The van der Waals surface area contributed by atoms with Crippen molar-refractivity contribution >= 4 is 0 Å². The van der Waals surface area contributed by atoms with Crippen molar-refractivity contribution in [3.8, 4) is 0 Å². The molecule has 0 heterocycles. The number of hydrogen-bond acceptors (Lipinski definition) is 1. The lowest BCUT2D eigenvalue weighted by atomic mass is 9.69. The summed E-state index contributed by atoms with van der Waals surface area (Å²) in [6.07, 6.45) is 5.34. The topological polar surface area (TPSA) is 12.0 Å². The number of benzene rings is 1. The van der Waals surface area contributed by atoms with Crippen molar-refractivity contribution in [3.05, 3.63) is 35.4 Å². The first-order valence-corrected chi connectivity index (χ1v) is 8.28. The average molecular weight is 271 g/mol. The zero-order valence-electron chi connectivity index (χ0n) is 13.5. The molecule has 2 aliphatic rings. The van der Waals surface area contributed by atoms with Crippen LogP contribution in [0, 0.1) is 16.7 Å². The van der Waals surface area contributed by atoms with Gasteiger partial charge in [-0.25, -0.2) is 0 Å². The summed E-state index contributed by atoms with van der Waals surface area (Å²) in [6, 6.07) is 9.80. The van der Waals surface area contributed by atoms with Crippen LogP contribution >= 0.6 is 0 Å². The van der Waals surface area contributed by atoms with Crippen molar-refractivity contribution in [2.45, 2.75) is 66.0 Å². The van der Waals surface area contributed by atoms with Gasteiger partial charge < -0.3 is 5.32 Å². The second-order valence-corrected chi connectivity index (χ2v) is 7.71. The molecular weight excluding hydrogens is 242 g/mol. The molecule has 0 spiro atoms. The van der Waals surface area contributed by atoms with Crippen LogP contribution in [0.4, 0.5) is 0 Å². The van der Waals surface area contributed by atoms with E-state index in [1.807, 2.05) is 0 Å². The minimum absolute atomic E-state index is 0.487. The van der Waals surface area contributed by atoms with E-state index in [1.54, 1.807) is 0 Å². The molecule has 1 heteroatoms. The van der Waals surface area contributed by atoms with Gasteiger partial charge in [-0.05, 0) is 53.6 Å². The van der Waals surface area contributed by atoms with Crippen LogP contribution in [0.15, 0.2) is 24.3 Å². The number of rotatable bonds is 4. The van der Waals surface area contributed by atoms with Gasteiger partial charge in [0.05, 0.1) is 0 Å². The monoisotopic (exact) mass is 271 g/mol. The molecule has 0 radical (unpaired) electrons. The van der Waals surface area contributed by atoms with Crippen molar-refractivity contribution in [2.24, 2.45) is 16.7 Å². The average Bonchev–Trinajstić information content (AvgIpc) is 2.78. The predicted octanol–water partition coefficient (Wildman–Crippen LogP) is 4.55. The second-order valence-electron chi connectivity index (χ2n) is 7.71. The number of hydrogen-bond donors (Lipinski definition) is 1. The molecule has 20 heavy (non-hydrogen) atoms. The van der Waals surface area contributed by atoms with Crippen LogP contribution in [0.5, 0.6) is 0 Å². The van der Waals surface area contributed by atoms with Crippen molar-refractivity contribution in [2.75, 3.05) is 0 Å². The van der Waals surface area contributed by atoms with Gasteiger partial charge in [0.2, 0.25) is 0 Å². The highest BCUT2D eigenvalue weighted by atomic mass is 15.0. The Labute approximate surface area is 124 Å². The third kappa shape index (κ3) is 2.02. The van der Waals surface area contributed by atoms with Crippen LogP contribution in [0.3, 0.4) is 0 Å². The number of aryl methyl sites for hydroxylation is 1. The smallest absolute Gasteiger partial charge is 0.0208 e. The Morgan fingerprint density at radius 2 is 1.75 bits per heavy atom. The molecule has 2 saturated carbocycles. The highest BCUT2D eigenvalue weighted by Gasteiger charge is 2.60. The molecule has 2 aliphatic carbocycles. The van der Waals surface area contributed by atoms with Crippen LogP contribution < -0.4 is 5.32 Å². The molecule has 3 rings (SSSR count). The van der Waals surface area contributed by atoms with Gasteiger partial charge in [0.25, 0.3) is 0 Å². The van der Waals surface area contributed by atoms with E-state index in [4.69, 9.17) is 0 Å². The molecule has 1 aromatic carbocycles. The highest BCUT2D eigenvalue weighted by Crippen LogP contribution is 2.65. The molecule has 1 nitrogen and oxygen atoms in total. The van der Waals surface area contributed by atoms with E-state index in [9.17, 15) is 0 Å². The molecule has 0 aliphatic heterocycles. The Morgan fingerprint density at radius 3 is 2.25 bits per heavy atom. The number of nitrogens with one attached hydrogen (secondary N) is 1. The minimum Gasteiger partial charge on any atom is -0.309 e. The maximum absolute atomic E-state index is 3.86. The predicted molar refractivity (Wildman–Crippen MR) is 85.7 cm³/mol. The second kappa shape index (κ2) is 4.87. The Kier molecular flexibility index (Phi) is 3.44. The van der Waals surface area contributed by atoms with E-state index < -0.39 is 0 Å². The van der Waals surface area contributed by atoms with E-state index in [0.29, 0.717) is 16.9 Å². The third-order valence-corrected chi connectivity index (χ3v) is 6.78. The van der Waals surface area contributed by atoms with Crippen molar-refractivity contribution in [3.63, 3.8) is 0 Å². The Balaban J connectivity index is 1.65. The summed E-state index contributed by atoms with van der Waals surface area (Å²) in [5.41, 5.74) is 3.85. The van der Waals surface area contributed by atoms with E-state index in [1.165, 1.54) is 30.4 Å². The molecule has 0 aromatic heterocycles. The van der Waals surface area contributed by atoms with Crippen molar-refractivity contribution in [1.29, 1.82) is 0 Å². The fourth-order valence-corrected chi connectivity index (χ4v) is 4.65. The molecule has 2 fully saturated rings. The van der Waals surface area contributed by atoms with Gasteiger partial charge in [0.15, 0.2) is 0 Å². The zero-order valence-corrected chi connectivity index (χ0v) is 13.5. The normalized spacial score (nSPS) is 34.6. The Bertz CT molecular complexity index is 473. The van der Waals surface area contributed by atoms with E-state index in [2.05, 4.69) is 57.3 Å². The standard InChI is InChI=1S/C19H29N/c1-5-14-6-8-15(9-7-14)13-20-17-12-16-10-11-19(17,4)18(16,2)3/h6-9,16-17,20H,5,10-13H2,1-4H3. The van der Waals surface area contributed by atoms with Crippen LogP contribution in [0.25, 0.3) is 0 Å². The molecule has 2 bridgehead atoms. The fraction of sp³-hybridized carbons (Fsp3) is 0.684. The van der Waals surface area contributed by atoms with Gasteiger partial charge in [-0.1, -0.05) is 52.0 Å². The minimum atomic E-state index is 0.487. The molecule has 3 unspecified atom stereocenters. The summed E-state index contributed by atoms with van der Waals surface area (Å²) >= 11 is 0. The van der Waals surface area contributed by atoms with Gasteiger partial charge in [0.1, 0.15) is 0 Å². The lowest BCUT2D eigenvalue weighted by molar-refractivity contribution is 0.120. The van der Waals surface area contributed by atoms with Crippen LogP contribution in [-0.2, 0) is 13.0 Å². The lowest BCUT2D eigenvalue weighted by Gasteiger charge is -2.39. The van der Waals surface area contributed by atoms with E-state index >= 15 is 0 Å². The molecule has 3 atom stereocenters. The summed E-state index contributed by atoms with van der Waals surface area (Å²) in [5.74, 6) is 0.924. The van der Waals surface area contributed by atoms with Gasteiger partial charge in [-0.15, -0.1) is 0 Å². The first-order chi connectivity index (χ1) is 9.47. The quantitative estimate of drug-likeness (QED) is 0.847. The molecule has 1 aromatic rings. The summed E-state index contributed by atoms with van der Waals surface area (Å²) in [4.78, 5) is 0. The van der Waals surface area contributed by atoms with Gasteiger partial charge >= 0.3 is 0 Å². The van der Waals surface area contributed by atoms with Gasteiger partial charge in [-0.2, -0.15) is 0 Å².